The summed E-state index contributed by atoms with van der Waals surface area (Å²) >= 11 is 0. The van der Waals surface area contributed by atoms with E-state index in [1.807, 2.05) is 0 Å². The van der Waals surface area contributed by atoms with Crippen LogP contribution in [0.25, 0.3) is 0 Å². The molecule has 1 aromatic carbocycles. The van der Waals surface area contributed by atoms with E-state index in [2.05, 4.69) is 0 Å². The summed E-state index contributed by atoms with van der Waals surface area (Å²) in [6.45, 7) is 1.11. The number of benzene rings is 1. The Morgan fingerprint density at radius 2 is 2.11 bits per heavy atom. The largest absolute Gasteiger partial charge is 0.488 e. The van der Waals surface area contributed by atoms with Gasteiger partial charge in [0.05, 0.1) is 12.1 Å². The van der Waals surface area contributed by atoms with E-state index < -0.39 is 17.6 Å². The van der Waals surface area contributed by atoms with Gasteiger partial charge in [-0.25, -0.2) is 0 Å². The third-order valence-electron chi connectivity index (χ3n) is 2.77. The zero-order chi connectivity index (χ0) is 14.0. The second-order valence-electron chi connectivity index (χ2n) is 4.43. The maximum Gasteiger partial charge on any atom is 0.416 e. The minimum atomic E-state index is -4.38. The third-order valence-corrected chi connectivity index (χ3v) is 2.77. The van der Waals surface area contributed by atoms with Gasteiger partial charge in [0.15, 0.2) is 0 Å². The molecule has 0 saturated carbocycles. The van der Waals surface area contributed by atoms with Gasteiger partial charge in [-0.2, -0.15) is 13.2 Å². The molecule has 1 fully saturated rings. The number of rotatable bonds is 4. The Morgan fingerprint density at radius 3 is 2.68 bits per heavy atom. The van der Waals surface area contributed by atoms with Gasteiger partial charge in [-0.15, -0.1) is 0 Å². The van der Waals surface area contributed by atoms with Crippen LogP contribution in [0.5, 0.6) is 5.75 Å². The van der Waals surface area contributed by atoms with Crippen LogP contribution >= 0.6 is 0 Å². The summed E-state index contributed by atoms with van der Waals surface area (Å²) in [6.07, 6.45) is -4.58. The molecule has 104 valence electrons. The predicted molar refractivity (Wildman–Crippen MR) is 61.5 cm³/mol. The van der Waals surface area contributed by atoms with Gasteiger partial charge in [-0.05, 0) is 18.2 Å². The Kier molecular flexibility index (Phi) is 3.66. The van der Waals surface area contributed by atoms with Crippen LogP contribution in [-0.2, 0) is 11.0 Å². The van der Waals surface area contributed by atoms with Gasteiger partial charge in [0.1, 0.15) is 11.9 Å². The number of carbonyl (C=O) groups is 1. The van der Waals surface area contributed by atoms with Crippen molar-refractivity contribution in [1.29, 1.82) is 0 Å². The molecular formula is C12H13F3N2O2. The molecule has 0 aromatic heterocycles. The van der Waals surface area contributed by atoms with Crippen LogP contribution in [0.2, 0.25) is 0 Å². The van der Waals surface area contributed by atoms with E-state index >= 15 is 0 Å². The lowest BCUT2D eigenvalue weighted by Gasteiger charge is -2.38. The second kappa shape index (κ2) is 5.08. The molecule has 7 heteroatoms. The Balaban J connectivity index is 1.90. The molecule has 19 heavy (non-hydrogen) atoms. The summed E-state index contributed by atoms with van der Waals surface area (Å²) < 4.78 is 42.9. The number of ether oxygens (including phenoxy) is 1. The second-order valence-corrected chi connectivity index (χ2v) is 4.43. The summed E-state index contributed by atoms with van der Waals surface area (Å²) in [7, 11) is 0. The molecule has 1 aliphatic rings. The van der Waals surface area contributed by atoms with E-state index in [0.29, 0.717) is 13.1 Å². The highest BCUT2D eigenvalue weighted by atomic mass is 19.4. The van der Waals surface area contributed by atoms with E-state index in [-0.39, 0.29) is 18.4 Å². The number of hydrogen-bond acceptors (Lipinski definition) is 3. The Hall–Kier alpha value is -1.76. The van der Waals surface area contributed by atoms with Crippen molar-refractivity contribution in [3.63, 3.8) is 0 Å². The van der Waals surface area contributed by atoms with E-state index in [9.17, 15) is 18.0 Å². The fraction of sp³-hybridized carbons (Fsp3) is 0.417. The van der Waals surface area contributed by atoms with Gasteiger partial charge >= 0.3 is 6.18 Å². The van der Waals surface area contributed by atoms with Gasteiger partial charge in [0.2, 0.25) is 5.91 Å². The number of hydrogen-bond donors (Lipinski definition) is 1. The fourth-order valence-electron chi connectivity index (χ4n) is 1.88. The first-order valence-corrected chi connectivity index (χ1v) is 5.69. The molecule has 0 aliphatic carbocycles. The normalized spacial score (nSPS) is 17.0. The first-order chi connectivity index (χ1) is 8.84. The van der Waals surface area contributed by atoms with Crippen molar-refractivity contribution in [2.75, 3.05) is 19.6 Å². The minimum absolute atomic E-state index is 0.141. The van der Waals surface area contributed by atoms with Crippen LogP contribution < -0.4 is 10.5 Å². The van der Waals surface area contributed by atoms with Gasteiger partial charge in [0, 0.05) is 13.1 Å². The maximum atomic E-state index is 12.5. The highest BCUT2D eigenvalue weighted by Gasteiger charge is 2.32. The summed E-state index contributed by atoms with van der Waals surface area (Å²) in [5.41, 5.74) is 4.28. The van der Waals surface area contributed by atoms with Crippen molar-refractivity contribution in [2.45, 2.75) is 12.3 Å². The molecule has 1 saturated heterocycles. The highest BCUT2D eigenvalue weighted by Crippen LogP contribution is 2.31. The van der Waals surface area contributed by atoms with Gasteiger partial charge < -0.3 is 10.5 Å². The average Bonchev–Trinajstić information content (AvgIpc) is 2.25. The van der Waals surface area contributed by atoms with Crippen molar-refractivity contribution in [1.82, 2.24) is 4.90 Å². The average molecular weight is 274 g/mol. The lowest BCUT2D eigenvalue weighted by atomic mass is 10.1. The Bertz CT molecular complexity index is 470. The number of carbonyl (C=O) groups excluding carboxylic acids is 1. The quantitative estimate of drug-likeness (QED) is 0.899. The molecule has 0 spiro atoms. The van der Waals surface area contributed by atoms with Crippen LogP contribution in [0.3, 0.4) is 0 Å². The first kappa shape index (κ1) is 13.7. The third kappa shape index (κ3) is 3.60. The number of primary amides is 1. The maximum absolute atomic E-state index is 12.5. The SMILES string of the molecule is NC(=O)CN1CC(Oc2cccc(C(F)(F)F)c2)C1. The number of amides is 1. The van der Waals surface area contributed by atoms with Crippen molar-refractivity contribution in [3.8, 4) is 5.75 Å². The molecule has 0 atom stereocenters. The molecule has 4 nitrogen and oxygen atoms in total. The van der Waals surface area contributed by atoms with Crippen molar-refractivity contribution in [3.05, 3.63) is 29.8 Å². The van der Waals surface area contributed by atoms with Crippen molar-refractivity contribution in [2.24, 2.45) is 5.73 Å². The lowest BCUT2D eigenvalue weighted by Crippen LogP contribution is -2.55. The zero-order valence-electron chi connectivity index (χ0n) is 9.98. The molecular weight excluding hydrogens is 261 g/mol. The van der Waals surface area contributed by atoms with Crippen LogP contribution in [0.15, 0.2) is 24.3 Å². The summed E-state index contributed by atoms with van der Waals surface area (Å²) in [4.78, 5) is 12.4. The van der Waals surface area contributed by atoms with Crippen molar-refractivity contribution < 1.29 is 22.7 Å². The smallest absolute Gasteiger partial charge is 0.416 e. The van der Waals surface area contributed by atoms with Crippen LogP contribution in [0, 0.1) is 0 Å². The van der Waals surface area contributed by atoms with E-state index in [4.69, 9.17) is 10.5 Å². The van der Waals surface area contributed by atoms with Crippen LogP contribution in [0.4, 0.5) is 13.2 Å². The summed E-state index contributed by atoms with van der Waals surface area (Å²) in [5, 5.41) is 0. The lowest BCUT2D eigenvalue weighted by molar-refractivity contribution is -0.137. The standard InChI is InChI=1S/C12H13F3N2O2/c13-12(14,15)8-2-1-3-9(4-8)19-10-5-17(6-10)7-11(16)18/h1-4,10H,5-7H2,(H2,16,18). The zero-order valence-corrected chi connectivity index (χ0v) is 9.98. The van der Waals surface area contributed by atoms with Gasteiger partial charge in [0.25, 0.3) is 0 Å². The Morgan fingerprint density at radius 1 is 1.42 bits per heavy atom. The van der Waals surface area contributed by atoms with Crippen LogP contribution in [0.1, 0.15) is 5.56 Å². The molecule has 2 N–H and O–H groups in total. The van der Waals surface area contributed by atoms with Gasteiger partial charge in [-0.3, -0.25) is 9.69 Å². The molecule has 2 rings (SSSR count). The van der Waals surface area contributed by atoms with E-state index in [1.165, 1.54) is 12.1 Å². The number of nitrogens with two attached hydrogens (primary N) is 1. The predicted octanol–water partition coefficient (Wildman–Crippen LogP) is 1.25. The number of halogens is 3. The minimum Gasteiger partial charge on any atom is -0.488 e. The fourth-order valence-corrected chi connectivity index (χ4v) is 1.88. The number of nitrogens with zero attached hydrogens (tertiary/aromatic N) is 1. The molecule has 1 amide bonds. The molecule has 0 unspecified atom stereocenters. The monoisotopic (exact) mass is 274 g/mol. The highest BCUT2D eigenvalue weighted by molar-refractivity contribution is 5.76. The van der Waals surface area contributed by atoms with Crippen LogP contribution in [-0.4, -0.2) is 36.5 Å². The van der Waals surface area contributed by atoms with E-state index in [1.54, 1.807) is 4.90 Å². The number of likely N-dealkylation sites (tertiary alicyclic amines) is 1. The molecule has 1 aliphatic heterocycles. The first-order valence-electron chi connectivity index (χ1n) is 5.69. The molecule has 0 radical (unpaired) electrons. The molecule has 1 heterocycles. The molecule has 0 bridgehead atoms. The van der Waals surface area contributed by atoms with Crippen molar-refractivity contribution >= 4 is 5.91 Å². The Labute approximate surface area is 107 Å². The topological polar surface area (TPSA) is 55.6 Å². The summed E-state index contributed by atoms with van der Waals surface area (Å²) in [5.74, 6) is -0.254. The van der Waals surface area contributed by atoms with Gasteiger partial charge in [-0.1, -0.05) is 6.07 Å². The summed E-state index contributed by atoms with van der Waals surface area (Å²) in [6, 6.07) is 4.74. The number of alkyl halides is 3. The van der Waals surface area contributed by atoms with E-state index in [0.717, 1.165) is 12.1 Å². The molecule has 1 aromatic rings.